The molecule has 0 saturated carbocycles. The van der Waals surface area contributed by atoms with Gasteiger partial charge in [-0.25, -0.2) is 4.79 Å². The van der Waals surface area contributed by atoms with E-state index < -0.39 is 5.97 Å². The summed E-state index contributed by atoms with van der Waals surface area (Å²) < 4.78 is 15.8. The molecule has 9 nitrogen and oxygen atoms in total. The van der Waals surface area contributed by atoms with Gasteiger partial charge in [-0.2, -0.15) is 5.10 Å². The number of ether oxygens (including phenoxy) is 3. The van der Waals surface area contributed by atoms with Crippen LogP contribution in [0.25, 0.3) is 0 Å². The summed E-state index contributed by atoms with van der Waals surface area (Å²) >= 11 is 4.93. The Hall–Kier alpha value is -3.66. The zero-order valence-corrected chi connectivity index (χ0v) is 18.2. The predicted molar refractivity (Wildman–Crippen MR) is 122 cm³/mol. The summed E-state index contributed by atoms with van der Waals surface area (Å²) in [7, 11) is 3.19. The van der Waals surface area contributed by atoms with Crippen LogP contribution < -0.4 is 25.5 Å². The highest BCUT2D eigenvalue weighted by atomic mass is 32.1. The first-order valence-corrected chi connectivity index (χ1v) is 9.76. The van der Waals surface area contributed by atoms with Crippen LogP contribution in [0.1, 0.15) is 22.8 Å². The number of benzene rings is 2. The van der Waals surface area contributed by atoms with Crippen LogP contribution in [0.3, 0.4) is 0 Å². The third kappa shape index (κ3) is 7.59. The number of methoxy groups -OCH3 is 1. The molecule has 0 saturated heterocycles. The Balaban J connectivity index is 1.92. The lowest BCUT2D eigenvalue weighted by Gasteiger charge is -2.11. The Labute approximate surface area is 185 Å². The molecule has 31 heavy (non-hydrogen) atoms. The van der Waals surface area contributed by atoms with Gasteiger partial charge in [0.05, 0.1) is 25.5 Å². The highest BCUT2D eigenvalue weighted by Crippen LogP contribution is 2.27. The Morgan fingerprint density at radius 3 is 2.52 bits per heavy atom. The molecule has 0 heterocycles. The van der Waals surface area contributed by atoms with Crippen LogP contribution in [0.4, 0.5) is 5.69 Å². The summed E-state index contributed by atoms with van der Waals surface area (Å²) in [5.74, 6) is 0.0871. The van der Waals surface area contributed by atoms with Crippen molar-refractivity contribution in [3.05, 3.63) is 53.6 Å². The maximum absolute atomic E-state index is 12.2. The maximum atomic E-state index is 12.2. The molecule has 0 atom stereocenters. The van der Waals surface area contributed by atoms with Crippen molar-refractivity contribution in [1.29, 1.82) is 0 Å². The van der Waals surface area contributed by atoms with E-state index in [1.807, 2.05) is 0 Å². The lowest BCUT2D eigenvalue weighted by Crippen LogP contribution is -2.28. The second-order valence-electron chi connectivity index (χ2n) is 5.99. The van der Waals surface area contributed by atoms with E-state index in [0.717, 1.165) is 5.56 Å². The topological polar surface area (TPSA) is 110 Å². The average molecular weight is 445 g/mol. The molecule has 0 bridgehead atoms. The average Bonchev–Trinajstić information content (AvgIpc) is 2.78. The molecule has 0 fully saturated rings. The molecule has 0 unspecified atom stereocenters. The minimum Gasteiger partial charge on any atom is -0.493 e. The van der Waals surface area contributed by atoms with Gasteiger partial charge in [0.25, 0.3) is 5.91 Å². The Kier molecular flexibility index (Phi) is 9.24. The fourth-order valence-electron chi connectivity index (χ4n) is 2.35. The zero-order chi connectivity index (χ0) is 22.6. The Morgan fingerprint density at radius 2 is 1.87 bits per heavy atom. The van der Waals surface area contributed by atoms with Gasteiger partial charge in [-0.15, -0.1) is 0 Å². The van der Waals surface area contributed by atoms with Crippen LogP contribution in [0.15, 0.2) is 47.6 Å². The van der Waals surface area contributed by atoms with E-state index in [0.29, 0.717) is 34.5 Å². The summed E-state index contributed by atoms with van der Waals surface area (Å²) in [6.07, 6.45) is 1.57. The van der Waals surface area contributed by atoms with Gasteiger partial charge >= 0.3 is 5.97 Å². The Bertz CT molecular complexity index is 947. The predicted octanol–water partition coefficient (Wildman–Crippen LogP) is 2.32. The number of anilines is 1. The standard InChI is InChI=1S/C21H24N4O5S/c1-4-29-20(27)15-6-8-16(9-7-15)24-19(26)13-30-17-10-5-14(11-18(17)28-3)12-23-25-21(31)22-2/h5-12H,4,13H2,1-3H3,(H,24,26)(H2,22,25,31)/b23-12+. The minimum atomic E-state index is -0.412. The van der Waals surface area contributed by atoms with E-state index in [2.05, 4.69) is 21.2 Å². The van der Waals surface area contributed by atoms with Crippen molar-refractivity contribution < 1.29 is 23.8 Å². The van der Waals surface area contributed by atoms with Crippen molar-refractivity contribution in [3.8, 4) is 11.5 Å². The van der Waals surface area contributed by atoms with Gasteiger partial charge in [-0.05, 0) is 67.2 Å². The lowest BCUT2D eigenvalue weighted by atomic mass is 10.2. The second kappa shape index (κ2) is 12.1. The molecule has 2 rings (SSSR count). The molecule has 3 N–H and O–H groups in total. The summed E-state index contributed by atoms with van der Waals surface area (Å²) in [4.78, 5) is 23.9. The number of carbonyl (C=O) groups excluding carboxylic acids is 2. The molecular weight excluding hydrogens is 420 g/mol. The Morgan fingerprint density at radius 1 is 1.13 bits per heavy atom. The molecule has 2 aromatic carbocycles. The van der Waals surface area contributed by atoms with E-state index >= 15 is 0 Å². The van der Waals surface area contributed by atoms with Crippen molar-refractivity contribution in [1.82, 2.24) is 10.7 Å². The van der Waals surface area contributed by atoms with Gasteiger partial charge < -0.3 is 24.8 Å². The van der Waals surface area contributed by atoms with Crippen LogP contribution in [0.2, 0.25) is 0 Å². The molecule has 0 spiro atoms. The summed E-state index contributed by atoms with van der Waals surface area (Å²) in [6, 6.07) is 11.6. The van der Waals surface area contributed by atoms with Crippen molar-refractivity contribution in [3.63, 3.8) is 0 Å². The SMILES string of the molecule is CCOC(=O)c1ccc(NC(=O)COc2ccc(/C=N/NC(=S)NC)cc2OC)cc1. The second-order valence-corrected chi connectivity index (χ2v) is 6.40. The van der Waals surface area contributed by atoms with Gasteiger partial charge in [-0.3, -0.25) is 10.2 Å². The fourth-order valence-corrected chi connectivity index (χ4v) is 2.40. The number of carbonyl (C=O) groups is 2. The number of hydrogen-bond acceptors (Lipinski definition) is 7. The van der Waals surface area contributed by atoms with Gasteiger partial charge in [0.2, 0.25) is 0 Å². The molecule has 0 aliphatic carbocycles. The minimum absolute atomic E-state index is 0.221. The number of esters is 1. The van der Waals surface area contributed by atoms with Gasteiger partial charge in [0.15, 0.2) is 23.2 Å². The third-order valence-electron chi connectivity index (χ3n) is 3.83. The van der Waals surface area contributed by atoms with E-state index in [9.17, 15) is 9.59 Å². The molecule has 1 amide bonds. The van der Waals surface area contributed by atoms with Crippen LogP contribution in [0.5, 0.6) is 11.5 Å². The molecule has 0 aliphatic rings. The molecule has 164 valence electrons. The number of hydrogen-bond donors (Lipinski definition) is 3. The maximum Gasteiger partial charge on any atom is 0.338 e. The van der Waals surface area contributed by atoms with E-state index in [1.165, 1.54) is 7.11 Å². The molecule has 2 aromatic rings. The lowest BCUT2D eigenvalue weighted by molar-refractivity contribution is -0.118. The molecular formula is C21H24N4O5S. The largest absolute Gasteiger partial charge is 0.493 e. The van der Waals surface area contributed by atoms with Crippen molar-refractivity contribution >= 4 is 41.1 Å². The number of nitrogens with one attached hydrogen (secondary N) is 3. The first-order valence-electron chi connectivity index (χ1n) is 9.35. The van der Waals surface area contributed by atoms with Crippen LogP contribution in [0, 0.1) is 0 Å². The smallest absolute Gasteiger partial charge is 0.338 e. The summed E-state index contributed by atoms with van der Waals surface area (Å²) in [5.41, 5.74) is 4.35. The number of thiocarbonyl (C=S) groups is 1. The normalized spacial score (nSPS) is 10.3. The highest BCUT2D eigenvalue weighted by Gasteiger charge is 2.10. The van der Waals surface area contributed by atoms with E-state index in [-0.39, 0.29) is 12.5 Å². The molecule has 0 aliphatic heterocycles. The van der Waals surface area contributed by atoms with Gasteiger partial charge in [-0.1, -0.05) is 0 Å². The van der Waals surface area contributed by atoms with Crippen LogP contribution in [-0.2, 0) is 9.53 Å². The number of hydrazone groups is 1. The monoisotopic (exact) mass is 444 g/mol. The molecule has 10 heteroatoms. The van der Waals surface area contributed by atoms with Crippen molar-refractivity contribution in [2.75, 3.05) is 32.7 Å². The number of amides is 1. The molecule has 0 aromatic heterocycles. The zero-order valence-electron chi connectivity index (χ0n) is 17.4. The van der Waals surface area contributed by atoms with Crippen LogP contribution in [-0.4, -0.2) is 50.6 Å². The molecule has 0 radical (unpaired) electrons. The van der Waals surface area contributed by atoms with Crippen molar-refractivity contribution in [2.24, 2.45) is 5.10 Å². The quantitative estimate of drug-likeness (QED) is 0.234. The summed E-state index contributed by atoms with van der Waals surface area (Å²) in [5, 5.41) is 9.83. The number of nitrogens with zero attached hydrogens (tertiary/aromatic N) is 1. The van der Waals surface area contributed by atoms with Gasteiger partial charge in [0, 0.05) is 12.7 Å². The third-order valence-corrected chi connectivity index (χ3v) is 4.13. The summed E-state index contributed by atoms with van der Waals surface area (Å²) in [6.45, 7) is 1.82. The van der Waals surface area contributed by atoms with Gasteiger partial charge in [0.1, 0.15) is 0 Å². The number of rotatable bonds is 9. The first-order chi connectivity index (χ1) is 15.0. The van der Waals surface area contributed by atoms with E-state index in [4.69, 9.17) is 26.4 Å². The van der Waals surface area contributed by atoms with E-state index in [1.54, 1.807) is 62.7 Å². The first kappa shape index (κ1) is 23.6. The van der Waals surface area contributed by atoms with Crippen molar-refractivity contribution in [2.45, 2.75) is 6.92 Å². The van der Waals surface area contributed by atoms with Crippen LogP contribution >= 0.6 is 12.2 Å². The highest BCUT2D eigenvalue weighted by molar-refractivity contribution is 7.80. The fraction of sp³-hybridized carbons (Fsp3) is 0.238.